The quantitative estimate of drug-likeness (QED) is 0.786. The molecule has 1 N–H and O–H groups in total. The summed E-state index contributed by atoms with van der Waals surface area (Å²) in [5.41, 5.74) is -0.144. The summed E-state index contributed by atoms with van der Waals surface area (Å²) in [6.07, 6.45) is 6.02. The molecule has 0 radical (unpaired) electrons. The van der Waals surface area contributed by atoms with Crippen molar-refractivity contribution in [1.82, 2.24) is 0 Å². The molecule has 90 valence electrons. The van der Waals surface area contributed by atoms with E-state index in [1.54, 1.807) is 18.2 Å². The topological polar surface area (TPSA) is 35.8 Å². The van der Waals surface area contributed by atoms with Crippen molar-refractivity contribution in [2.45, 2.75) is 44.1 Å². The molecule has 3 heteroatoms. The smallest absolute Gasteiger partial charge is 0.146 e. The van der Waals surface area contributed by atoms with Gasteiger partial charge in [-0.25, -0.2) is 4.39 Å². The Bertz CT molecular complexity index is 414. The third kappa shape index (κ3) is 2.76. The summed E-state index contributed by atoms with van der Waals surface area (Å²) < 4.78 is 13.6. The van der Waals surface area contributed by atoms with E-state index in [1.165, 1.54) is 18.9 Å². The van der Waals surface area contributed by atoms with Crippen LogP contribution in [-0.2, 0) is 0 Å². The van der Waals surface area contributed by atoms with Gasteiger partial charge < -0.3 is 5.32 Å². The minimum atomic E-state index is -0.585. The minimum absolute atomic E-state index is 0.286. The van der Waals surface area contributed by atoms with Gasteiger partial charge in [-0.1, -0.05) is 37.8 Å². The molecule has 1 aliphatic rings. The van der Waals surface area contributed by atoms with E-state index in [1.807, 2.05) is 0 Å². The number of halogens is 1. The fourth-order valence-electron chi connectivity index (χ4n) is 2.42. The van der Waals surface area contributed by atoms with Crippen LogP contribution in [0.15, 0.2) is 24.3 Å². The van der Waals surface area contributed by atoms with Crippen molar-refractivity contribution in [2.75, 3.05) is 5.32 Å². The van der Waals surface area contributed by atoms with Gasteiger partial charge in [0.1, 0.15) is 11.4 Å². The Labute approximate surface area is 101 Å². The highest BCUT2D eigenvalue weighted by Crippen LogP contribution is 2.30. The van der Waals surface area contributed by atoms with Crippen molar-refractivity contribution in [3.8, 4) is 6.07 Å². The van der Waals surface area contributed by atoms with Gasteiger partial charge in [0.15, 0.2) is 0 Å². The molecule has 0 aliphatic heterocycles. The maximum atomic E-state index is 13.6. The number of nitrogens with zero attached hydrogens (tertiary/aromatic N) is 1. The third-order valence-corrected chi connectivity index (χ3v) is 3.42. The molecule has 0 bridgehead atoms. The van der Waals surface area contributed by atoms with Gasteiger partial charge in [0.25, 0.3) is 0 Å². The van der Waals surface area contributed by atoms with E-state index in [0.29, 0.717) is 5.69 Å². The highest BCUT2D eigenvalue weighted by atomic mass is 19.1. The van der Waals surface area contributed by atoms with Crippen LogP contribution in [-0.4, -0.2) is 5.54 Å². The van der Waals surface area contributed by atoms with Crippen LogP contribution in [0.3, 0.4) is 0 Å². The van der Waals surface area contributed by atoms with E-state index in [9.17, 15) is 9.65 Å². The van der Waals surface area contributed by atoms with Gasteiger partial charge in [-0.15, -0.1) is 0 Å². The predicted molar refractivity (Wildman–Crippen MR) is 66.1 cm³/mol. The van der Waals surface area contributed by atoms with E-state index in [0.717, 1.165) is 25.7 Å². The number of hydrogen-bond acceptors (Lipinski definition) is 2. The predicted octanol–water partition coefficient (Wildman–Crippen LogP) is 3.85. The first-order chi connectivity index (χ1) is 8.26. The van der Waals surface area contributed by atoms with Gasteiger partial charge in [0, 0.05) is 0 Å². The van der Waals surface area contributed by atoms with Crippen LogP contribution in [0.5, 0.6) is 0 Å². The normalized spacial score (nSPS) is 19.1. The number of para-hydroxylation sites is 1. The molecule has 0 spiro atoms. The van der Waals surface area contributed by atoms with Gasteiger partial charge in [0.2, 0.25) is 0 Å². The van der Waals surface area contributed by atoms with Crippen molar-refractivity contribution in [3.05, 3.63) is 30.1 Å². The van der Waals surface area contributed by atoms with Gasteiger partial charge in [-0.05, 0) is 25.0 Å². The first kappa shape index (κ1) is 11.9. The Kier molecular flexibility index (Phi) is 3.63. The van der Waals surface area contributed by atoms with E-state index in [4.69, 9.17) is 0 Å². The van der Waals surface area contributed by atoms with Crippen molar-refractivity contribution in [1.29, 1.82) is 5.26 Å². The first-order valence-corrected chi connectivity index (χ1v) is 6.20. The lowest BCUT2D eigenvalue weighted by molar-refractivity contribution is 0.505. The lowest BCUT2D eigenvalue weighted by Gasteiger charge is -2.27. The maximum absolute atomic E-state index is 13.6. The van der Waals surface area contributed by atoms with Crippen LogP contribution < -0.4 is 5.32 Å². The summed E-state index contributed by atoms with van der Waals surface area (Å²) in [4.78, 5) is 0. The highest BCUT2D eigenvalue weighted by molar-refractivity contribution is 5.48. The number of rotatable bonds is 2. The molecule has 17 heavy (non-hydrogen) atoms. The van der Waals surface area contributed by atoms with Gasteiger partial charge in [0.05, 0.1) is 11.8 Å². The molecule has 0 aromatic heterocycles. The average molecular weight is 232 g/mol. The number of anilines is 1. The molecule has 2 rings (SSSR count). The van der Waals surface area contributed by atoms with Crippen molar-refractivity contribution in [3.63, 3.8) is 0 Å². The molecule has 0 saturated heterocycles. The van der Waals surface area contributed by atoms with Crippen LogP contribution in [0.2, 0.25) is 0 Å². The molecule has 1 aromatic carbocycles. The highest BCUT2D eigenvalue weighted by Gasteiger charge is 2.31. The van der Waals surface area contributed by atoms with E-state index < -0.39 is 5.54 Å². The van der Waals surface area contributed by atoms with Crippen molar-refractivity contribution in [2.24, 2.45) is 0 Å². The van der Waals surface area contributed by atoms with Crippen LogP contribution in [0, 0.1) is 17.1 Å². The number of hydrogen-bond donors (Lipinski definition) is 1. The van der Waals surface area contributed by atoms with Crippen molar-refractivity contribution >= 4 is 5.69 Å². The van der Waals surface area contributed by atoms with E-state index in [-0.39, 0.29) is 5.82 Å². The zero-order valence-electron chi connectivity index (χ0n) is 9.88. The van der Waals surface area contributed by atoms with Crippen LogP contribution >= 0.6 is 0 Å². The maximum Gasteiger partial charge on any atom is 0.146 e. The fourth-order valence-corrected chi connectivity index (χ4v) is 2.42. The van der Waals surface area contributed by atoms with E-state index in [2.05, 4.69) is 11.4 Å². The molecular formula is C14H17FN2. The molecule has 2 nitrogen and oxygen atoms in total. The minimum Gasteiger partial charge on any atom is -0.365 e. The number of benzene rings is 1. The second-order valence-electron chi connectivity index (χ2n) is 4.71. The summed E-state index contributed by atoms with van der Waals surface area (Å²) in [5.74, 6) is -0.286. The number of nitriles is 1. The van der Waals surface area contributed by atoms with Gasteiger partial charge in [-0.3, -0.25) is 0 Å². The Balaban J connectivity index is 2.19. The SMILES string of the molecule is N#CC1(Nc2ccccc2F)CCCCCC1. The van der Waals surface area contributed by atoms with Crippen LogP contribution in [0.25, 0.3) is 0 Å². The number of nitrogens with one attached hydrogen (secondary N) is 1. The molecule has 1 aliphatic carbocycles. The summed E-state index contributed by atoms with van der Waals surface area (Å²) in [5, 5.41) is 12.5. The fraction of sp³-hybridized carbons (Fsp3) is 0.500. The average Bonchev–Trinajstić information content (AvgIpc) is 2.58. The Morgan fingerprint density at radius 1 is 1.12 bits per heavy atom. The molecule has 0 heterocycles. The molecule has 0 amide bonds. The largest absolute Gasteiger partial charge is 0.365 e. The van der Waals surface area contributed by atoms with E-state index >= 15 is 0 Å². The summed E-state index contributed by atoms with van der Waals surface area (Å²) in [6, 6.07) is 8.91. The standard InChI is InChI=1S/C14H17FN2/c15-12-7-3-4-8-13(12)17-14(11-16)9-5-1-2-6-10-14/h3-4,7-8,17H,1-2,5-6,9-10H2. The lowest BCUT2D eigenvalue weighted by Crippen LogP contribution is -2.36. The molecular weight excluding hydrogens is 215 g/mol. The second kappa shape index (κ2) is 5.18. The summed E-state index contributed by atoms with van der Waals surface area (Å²) in [6.45, 7) is 0. The Morgan fingerprint density at radius 2 is 1.76 bits per heavy atom. The molecule has 1 saturated carbocycles. The Morgan fingerprint density at radius 3 is 2.35 bits per heavy atom. The lowest BCUT2D eigenvalue weighted by atomic mass is 9.91. The van der Waals surface area contributed by atoms with Gasteiger partial charge >= 0.3 is 0 Å². The zero-order chi connectivity index (χ0) is 12.1. The second-order valence-corrected chi connectivity index (χ2v) is 4.71. The van der Waals surface area contributed by atoms with Crippen molar-refractivity contribution < 1.29 is 4.39 Å². The van der Waals surface area contributed by atoms with Gasteiger partial charge in [-0.2, -0.15) is 5.26 Å². The monoisotopic (exact) mass is 232 g/mol. The third-order valence-electron chi connectivity index (χ3n) is 3.42. The Hall–Kier alpha value is -1.56. The molecule has 1 fully saturated rings. The van der Waals surface area contributed by atoms with Crippen LogP contribution in [0.4, 0.5) is 10.1 Å². The zero-order valence-corrected chi connectivity index (χ0v) is 9.88. The summed E-state index contributed by atoms with van der Waals surface area (Å²) >= 11 is 0. The van der Waals surface area contributed by atoms with Crippen LogP contribution in [0.1, 0.15) is 38.5 Å². The molecule has 0 unspecified atom stereocenters. The molecule has 0 atom stereocenters. The summed E-state index contributed by atoms with van der Waals surface area (Å²) in [7, 11) is 0. The molecule has 1 aromatic rings. The first-order valence-electron chi connectivity index (χ1n) is 6.20.